The number of benzene rings is 1. The van der Waals surface area contributed by atoms with E-state index in [-0.39, 0.29) is 18.4 Å². The lowest BCUT2D eigenvalue weighted by molar-refractivity contribution is -0.119. The zero-order valence-corrected chi connectivity index (χ0v) is 9.86. The van der Waals surface area contributed by atoms with Crippen molar-refractivity contribution in [2.45, 2.75) is 0 Å². The van der Waals surface area contributed by atoms with Crippen LogP contribution in [0.1, 0.15) is 0 Å². The van der Waals surface area contributed by atoms with E-state index in [0.717, 1.165) is 11.4 Å². The Balaban J connectivity index is 2.54. The number of rotatable bonds is 4. The lowest BCUT2D eigenvalue weighted by atomic mass is 10.3. The van der Waals surface area contributed by atoms with Crippen LogP contribution >= 0.6 is 0 Å². The number of methoxy groups -OCH3 is 1. The molecular formula is C11H16N4O2. The smallest absolute Gasteiger partial charge is 0.241 e. The highest BCUT2D eigenvalue weighted by Crippen LogP contribution is 2.14. The number of guanidine groups is 1. The number of anilines is 1. The highest BCUT2D eigenvalue weighted by molar-refractivity contribution is 5.93. The monoisotopic (exact) mass is 236 g/mol. The van der Waals surface area contributed by atoms with Gasteiger partial charge in [-0.3, -0.25) is 4.79 Å². The predicted molar refractivity (Wildman–Crippen MR) is 67.2 cm³/mol. The van der Waals surface area contributed by atoms with Gasteiger partial charge in [0.2, 0.25) is 5.91 Å². The molecule has 1 rings (SSSR count). The fourth-order valence-corrected chi connectivity index (χ4v) is 1.10. The highest BCUT2D eigenvalue weighted by Gasteiger charge is 1.98. The second-order valence-electron chi connectivity index (χ2n) is 3.23. The number of carbonyl (C=O) groups is 1. The van der Waals surface area contributed by atoms with Crippen molar-refractivity contribution in [1.29, 1.82) is 0 Å². The van der Waals surface area contributed by atoms with Gasteiger partial charge in [-0.25, -0.2) is 4.99 Å². The van der Waals surface area contributed by atoms with Crippen LogP contribution in [-0.2, 0) is 4.79 Å². The average Bonchev–Trinajstić information content (AvgIpc) is 2.36. The quantitative estimate of drug-likeness (QED) is 0.513. The molecule has 0 saturated heterocycles. The summed E-state index contributed by atoms with van der Waals surface area (Å²) in [7, 11) is 3.15. The number of nitrogens with zero attached hydrogens (tertiary/aromatic N) is 1. The lowest BCUT2D eigenvalue weighted by Gasteiger charge is -2.06. The van der Waals surface area contributed by atoms with E-state index in [0.29, 0.717) is 0 Å². The number of hydrogen-bond acceptors (Lipinski definition) is 3. The van der Waals surface area contributed by atoms with Crippen molar-refractivity contribution in [3.8, 4) is 5.75 Å². The van der Waals surface area contributed by atoms with Gasteiger partial charge in [0.1, 0.15) is 12.3 Å². The minimum atomic E-state index is -0.190. The van der Waals surface area contributed by atoms with Crippen LogP contribution in [0, 0.1) is 0 Å². The molecule has 0 aliphatic rings. The molecule has 0 aliphatic carbocycles. The molecule has 0 fully saturated rings. The van der Waals surface area contributed by atoms with Crippen molar-refractivity contribution in [3.63, 3.8) is 0 Å². The highest BCUT2D eigenvalue weighted by atomic mass is 16.5. The van der Waals surface area contributed by atoms with Crippen LogP contribution in [0.3, 0.4) is 0 Å². The van der Waals surface area contributed by atoms with E-state index < -0.39 is 0 Å². The van der Waals surface area contributed by atoms with Gasteiger partial charge < -0.3 is 21.1 Å². The number of hydrogen-bond donors (Lipinski definition) is 3. The van der Waals surface area contributed by atoms with Crippen molar-refractivity contribution in [2.24, 2.45) is 10.7 Å². The maximum Gasteiger partial charge on any atom is 0.241 e. The summed E-state index contributed by atoms with van der Waals surface area (Å²) in [5, 5.41) is 5.32. The maximum absolute atomic E-state index is 10.9. The molecule has 6 heteroatoms. The molecule has 92 valence electrons. The number of carbonyl (C=O) groups excluding carboxylic acids is 1. The van der Waals surface area contributed by atoms with E-state index in [9.17, 15) is 4.79 Å². The van der Waals surface area contributed by atoms with Crippen molar-refractivity contribution in [2.75, 3.05) is 26.0 Å². The van der Waals surface area contributed by atoms with Crippen LogP contribution < -0.4 is 21.1 Å². The molecule has 6 nitrogen and oxygen atoms in total. The molecule has 0 saturated carbocycles. The number of ether oxygens (including phenoxy) is 1. The molecule has 17 heavy (non-hydrogen) atoms. The number of nitrogens with one attached hydrogen (secondary N) is 2. The number of likely N-dealkylation sites (N-methyl/N-ethyl adjacent to an activating group) is 1. The molecule has 0 aromatic heterocycles. The minimum Gasteiger partial charge on any atom is -0.497 e. The number of aliphatic imine (C=N–C) groups is 1. The Morgan fingerprint density at radius 2 is 2.06 bits per heavy atom. The Labute approximate surface area is 99.9 Å². The summed E-state index contributed by atoms with van der Waals surface area (Å²) >= 11 is 0. The van der Waals surface area contributed by atoms with Crippen LogP contribution in [0.5, 0.6) is 5.75 Å². The van der Waals surface area contributed by atoms with Crippen molar-refractivity contribution in [3.05, 3.63) is 24.3 Å². The molecule has 1 amide bonds. The summed E-state index contributed by atoms with van der Waals surface area (Å²) < 4.78 is 5.03. The van der Waals surface area contributed by atoms with E-state index in [1.54, 1.807) is 38.4 Å². The molecule has 0 radical (unpaired) electrons. The first-order valence-corrected chi connectivity index (χ1v) is 5.07. The van der Waals surface area contributed by atoms with Gasteiger partial charge in [-0.2, -0.15) is 0 Å². The summed E-state index contributed by atoms with van der Waals surface area (Å²) in [5.41, 5.74) is 6.39. The molecule has 1 aromatic carbocycles. The van der Waals surface area contributed by atoms with E-state index in [1.165, 1.54) is 0 Å². The first kappa shape index (κ1) is 12.8. The summed E-state index contributed by atoms with van der Waals surface area (Å²) in [6.45, 7) is 0.00544. The van der Waals surface area contributed by atoms with E-state index in [1.807, 2.05) is 0 Å². The normalized spacial score (nSPS) is 10.8. The first-order valence-electron chi connectivity index (χ1n) is 5.07. The minimum absolute atomic E-state index is 0.00544. The predicted octanol–water partition coefficient (Wildman–Crippen LogP) is 0.168. The molecule has 0 spiro atoms. The Kier molecular flexibility index (Phi) is 4.80. The molecular weight excluding hydrogens is 220 g/mol. The molecule has 0 atom stereocenters. The second kappa shape index (κ2) is 6.37. The van der Waals surface area contributed by atoms with Crippen LogP contribution in [0.4, 0.5) is 5.69 Å². The topological polar surface area (TPSA) is 88.7 Å². The Morgan fingerprint density at radius 3 is 2.59 bits per heavy atom. The Morgan fingerprint density at radius 1 is 1.41 bits per heavy atom. The Bertz CT molecular complexity index is 400. The zero-order valence-electron chi connectivity index (χ0n) is 9.86. The lowest BCUT2D eigenvalue weighted by Crippen LogP contribution is -2.27. The van der Waals surface area contributed by atoms with Gasteiger partial charge in [0, 0.05) is 12.7 Å². The van der Waals surface area contributed by atoms with Crippen LogP contribution in [0.2, 0.25) is 0 Å². The fraction of sp³-hybridized carbons (Fsp3) is 0.273. The van der Waals surface area contributed by atoms with Gasteiger partial charge in [0.05, 0.1) is 7.11 Å². The van der Waals surface area contributed by atoms with Crippen molar-refractivity contribution in [1.82, 2.24) is 5.32 Å². The van der Waals surface area contributed by atoms with Gasteiger partial charge in [0.15, 0.2) is 5.96 Å². The van der Waals surface area contributed by atoms with Crippen LogP contribution in [-0.4, -0.2) is 32.6 Å². The van der Waals surface area contributed by atoms with Crippen LogP contribution in [0.25, 0.3) is 0 Å². The molecule has 0 bridgehead atoms. The standard InChI is InChI=1S/C11H16N4O2/c1-13-10(16)7-14-11(12)15-8-3-5-9(17-2)6-4-8/h3-6H,7H2,1-2H3,(H,13,16)(H3,12,14,15). The molecule has 0 aliphatic heterocycles. The van der Waals surface area contributed by atoms with E-state index >= 15 is 0 Å². The fourth-order valence-electron chi connectivity index (χ4n) is 1.10. The van der Waals surface area contributed by atoms with Gasteiger partial charge in [-0.05, 0) is 24.3 Å². The van der Waals surface area contributed by atoms with E-state index in [2.05, 4.69) is 15.6 Å². The first-order chi connectivity index (χ1) is 8.15. The zero-order chi connectivity index (χ0) is 12.7. The number of amides is 1. The summed E-state index contributed by atoms with van der Waals surface area (Å²) in [4.78, 5) is 14.8. The van der Waals surface area contributed by atoms with Crippen LogP contribution in [0.15, 0.2) is 29.3 Å². The molecule has 4 N–H and O–H groups in total. The van der Waals surface area contributed by atoms with Gasteiger partial charge in [-0.1, -0.05) is 0 Å². The molecule has 1 aromatic rings. The van der Waals surface area contributed by atoms with Crippen molar-refractivity contribution < 1.29 is 9.53 Å². The summed E-state index contributed by atoms with van der Waals surface area (Å²) in [5.74, 6) is 0.764. The van der Waals surface area contributed by atoms with Gasteiger partial charge in [-0.15, -0.1) is 0 Å². The second-order valence-corrected chi connectivity index (χ2v) is 3.23. The van der Waals surface area contributed by atoms with Crippen molar-refractivity contribution >= 4 is 17.6 Å². The maximum atomic E-state index is 10.9. The van der Waals surface area contributed by atoms with Gasteiger partial charge in [0.25, 0.3) is 0 Å². The molecule has 0 heterocycles. The molecule has 0 unspecified atom stereocenters. The SMILES string of the molecule is CNC(=O)CN=C(N)Nc1ccc(OC)cc1. The third-order valence-corrected chi connectivity index (χ3v) is 2.03. The number of nitrogens with two attached hydrogens (primary N) is 1. The third kappa shape index (κ3) is 4.42. The average molecular weight is 236 g/mol. The van der Waals surface area contributed by atoms with Gasteiger partial charge >= 0.3 is 0 Å². The largest absolute Gasteiger partial charge is 0.497 e. The summed E-state index contributed by atoms with van der Waals surface area (Å²) in [6.07, 6.45) is 0. The summed E-state index contributed by atoms with van der Waals surface area (Å²) in [6, 6.07) is 7.21. The van der Waals surface area contributed by atoms with E-state index in [4.69, 9.17) is 10.5 Å². The third-order valence-electron chi connectivity index (χ3n) is 2.03. The Hall–Kier alpha value is -2.24.